The molecule has 7 heterocycles. The highest BCUT2D eigenvalue weighted by atomic mass is 16.3. The lowest BCUT2D eigenvalue weighted by atomic mass is 9.99. The fourth-order valence-corrected chi connectivity index (χ4v) is 17.4. The van der Waals surface area contributed by atoms with Crippen LogP contribution in [0, 0.1) is 0 Å². The third kappa shape index (κ3) is 10.2. The molecule has 0 atom stereocenters. The first-order chi connectivity index (χ1) is 56.0. The molecule has 0 N–H and O–H groups in total. The average Bonchev–Trinajstić information content (AvgIpc) is 1.54. The molecule has 11 heteroatoms. The van der Waals surface area contributed by atoms with Crippen molar-refractivity contribution in [3.8, 4) is 113 Å². The van der Waals surface area contributed by atoms with Gasteiger partial charge in [-0.05, 0) is 112 Å². The van der Waals surface area contributed by atoms with Gasteiger partial charge < -0.3 is 13.6 Å². The fourth-order valence-electron chi connectivity index (χ4n) is 17.4. The van der Waals surface area contributed by atoms with Gasteiger partial charge in [-0.25, -0.2) is 9.97 Å². The lowest BCUT2D eigenvalue weighted by Gasteiger charge is -2.12. The van der Waals surface area contributed by atoms with E-state index >= 15 is 0 Å². The third-order valence-electron chi connectivity index (χ3n) is 22.5. The predicted molar refractivity (Wildman–Crippen MR) is 461 cm³/mol. The van der Waals surface area contributed by atoms with E-state index in [-0.39, 0.29) is 0 Å². The van der Waals surface area contributed by atoms with Gasteiger partial charge in [-0.2, -0.15) is 19.9 Å². The monoisotopic (exact) mass is 1440 g/mol. The normalized spacial score (nSPS) is 11.9. The summed E-state index contributed by atoms with van der Waals surface area (Å²) in [5, 5.41) is 10.6. The summed E-state index contributed by atoms with van der Waals surface area (Å²) in [4.78, 5) is 32.5. The molecule has 0 aliphatic carbocycles. The van der Waals surface area contributed by atoms with Crippen LogP contribution in [0.25, 0.3) is 222 Å². The first-order valence-corrected chi connectivity index (χ1v) is 38.1. The number of aromatic nitrogens is 10. The van der Waals surface area contributed by atoms with Crippen LogP contribution in [-0.4, -0.2) is 48.2 Å². The SMILES string of the molecule is c1ccc(-c2cccc(-c3ccc(-n4c5ccccc5c5c4ccc4c6ccc(-c7cccc8c7oc7cccc(-n9c%10ccccc%10c%10c9ccc9c%11ccccc%11n(-c%11nc(-c%12ccccc%12)nc(-c%12cccc(-c%13ccccc%13)c%12)n%11)c9%10)c78)cc6n(-c6nc(-c7ccccc7)nc(-c7ccccc7)n6)c45)cc3)c2)cc1. The summed E-state index contributed by atoms with van der Waals surface area (Å²) in [6, 6.07) is 133. The maximum atomic E-state index is 7.36. The Morgan fingerprint density at radius 3 is 1.13 bits per heavy atom. The van der Waals surface area contributed by atoms with Crippen LogP contribution in [0.2, 0.25) is 0 Å². The molecule has 0 radical (unpaired) electrons. The highest BCUT2D eigenvalue weighted by Crippen LogP contribution is 2.48. The van der Waals surface area contributed by atoms with Crippen LogP contribution >= 0.6 is 0 Å². The van der Waals surface area contributed by atoms with E-state index in [9.17, 15) is 0 Å². The van der Waals surface area contributed by atoms with Crippen molar-refractivity contribution in [2.45, 2.75) is 0 Å². The largest absolute Gasteiger partial charge is 0.455 e. The maximum Gasteiger partial charge on any atom is 0.238 e. The van der Waals surface area contributed by atoms with Gasteiger partial charge in [0.25, 0.3) is 0 Å². The smallest absolute Gasteiger partial charge is 0.238 e. The van der Waals surface area contributed by atoms with E-state index in [1.165, 1.54) is 11.1 Å². The van der Waals surface area contributed by atoms with Crippen molar-refractivity contribution < 1.29 is 4.42 Å². The summed E-state index contributed by atoms with van der Waals surface area (Å²) in [7, 11) is 0. The molecule has 0 aliphatic heterocycles. The second-order valence-electron chi connectivity index (χ2n) is 28.9. The van der Waals surface area contributed by atoms with E-state index in [1.54, 1.807) is 0 Å². The lowest BCUT2D eigenvalue weighted by Crippen LogP contribution is -2.06. The number of nitrogens with zero attached hydrogens (tertiary/aromatic N) is 10. The minimum absolute atomic E-state index is 0.497. The molecule has 526 valence electrons. The van der Waals surface area contributed by atoms with Gasteiger partial charge in [0.2, 0.25) is 11.9 Å². The molecule has 113 heavy (non-hydrogen) atoms. The number of furan rings is 1. The Kier molecular flexibility index (Phi) is 14.4. The fraction of sp³-hybridized carbons (Fsp3) is 0. The highest BCUT2D eigenvalue weighted by molar-refractivity contribution is 6.28. The Balaban J connectivity index is 0.723. The van der Waals surface area contributed by atoms with Crippen LogP contribution in [0.1, 0.15) is 0 Å². The minimum Gasteiger partial charge on any atom is -0.455 e. The molecule has 7 aromatic heterocycles. The van der Waals surface area contributed by atoms with E-state index < -0.39 is 0 Å². The van der Waals surface area contributed by atoms with E-state index in [4.69, 9.17) is 34.3 Å². The van der Waals surface area contributed by atoms with Gasteiger partial charge in [0.05, 0.1) is 55.2 Å². The summed E-state index contributed by atoms with van der Waals surface area (Å²) in [6.45, 7) is 0. The number of rotatable bonds is 12. The van der Waals surface area contributed by atoms with E-state index in [1.807, 2.05) is 60.7 Å². The van der Waals surface area contributed by atoms with Crippen molar-refractivity contribution in [2.24, 2.45) is 0 Å². The van der Waals surface area contributed by atoms with Gasteiger partial charge in [-0.3, -0.25) is 9.13 Å². The summed E-state index contributed by atoms with van der Waals surface area (Å²) in [6.07, 6.45) is 0. The molecule has 11 nitrogen and oxygen atoms in total. The van der Waals surface area contributed by atoms with Crippen LogP contribution < -0.4 is 0 Å². The molecule has 0 spiro atoms. The number of para-hydroxylation sites is 4. The predicted octanol–water partition coefficient (Wildman–Crippen LogP) is 25.7. The molecule has 0 saturated heterocycles. The number of fused-ring (bicyclic) bond motifs is 17. The molecule has 0 amide bonds. The van der Waals surface area contributed by atoms with Crippen molar-refractivity contribution in [3.63, 3.8) is 0 Å². The molecule has 23 aromatic rings. The molecule has 23 rings (SSSR count). The molecular weight excluding hydrogens is 1380 g/mol. The summed E-state index contributed by atoms with van der Waals surface area (Å²) < 4.78 is 16.7. The van der Waals surface area contributed by atoms with Crippen LogP contribution in [-0.2, 0) is 0 Å². The van der Waals surface area contributed by atoms with Gasteiger partial charge in [0.1, 0.15) is 11.2 Å². The van der Waals surface area contributed by atoms with Gasteiger partial charge >= 0.3 is 0 Å². The Morgan fingerprint density at radius 2 is 0.584 bits per heavy atom. The quantitative estimate of drug-likeness (QED) is 0.120. The van der Waals surface area contributed by atoms with Crippen molar-refractivity contribution in [2.75, 3.05) is 0 Å². The van der Waals surface area contributed by atoms with Gasteiger partial charge in [-0.1, -0.05) is 303 Å². The van der Waals surface area contributed by atoms with Crippen LogP contribution in [0.3, 0.4) is 0 Å². The lowest BCUT2D eigenvalue weighted by molar-refractivity contribution is 0.670. The maximum absolute atomic E-state index is 7.36. The second-order valence-corrected chi connectivity index (χ2v) is 28.9. The Bertz CT molecular complexity index is 7720. The summed E-state index contributed by atoms with van der Waals surface area (Å²) in [5.74, 6) is 3.31. The van der Waals surface area contributed by atoms with Gasteiger partial charge in [-0.15, -0.1) is 0 Å². The third-order valence-corrected chi connectivity index (χ3v) is 22.5. The highest BCUT2D eigenvalue weighted by Gasteiger charge is 2.29. The first kappa shape index (κ1) is 63.6. The van der Waals surface area contributed by atoms with Crippen molar-refractivity contribution >= 4 is 109 Å². The molecular formula is C102H62N10O. The average molecular weight is 1440 g/mol. The summed E-state index contributed by atoms with van der Waals surface area (Å²) >= 11 is 0. The topological polar surface area (TPSA) is 110 Å². The number of hydrogen-bond donors (Lipinski definition) is 0. The Hall–Kier alpha value is -15.5. The Morgan fingerprint density at radius 1 is 0.204 bits per heavy atom. The standard InChI is InChI=1S/C102H62N10O/c1-6-26-63(27-7-1)69-36-22-37-70(60-69)65-50-53-74(54-51-65)109-84-46-20-17-41-80(84)92-87(109)58-56-79-77-55-52-72(62-89(77)112(95(79)92)102-106-97(66-30-10-3-11-31-66)103-98(107-102)67-32-12-4-13-33-67)75-43-24-44-82-91-86(48-25-49-90(91)113-96(75)82)110-85-47-21-18-42-81(85)93-88(110)59-57-78-76-40-16-19-45-83(76)111(94(78)93)101-105-99(68-34-14-5-15-35-68)104-100(108-101)73-39-23-38-71(61-73)64-28-8-2-9-29-64/h1-62H. The minimum atomic E-state index is 0.497. The van der Waals surface area contributed by atoms with Crippen molar-refractivity contribution in [3.05, 3.63) is 376 Å². The zero-order chi connectivity index (χ0) is 74.2. The zero-order valence-electron chi connectivity index (χ0n) is 60.7. The molecule has 0 fully saturated rings. The molecule has 0 aliphatic rings. The number of hydrogen-bond acceptors (Lipinski definition) is 7. The zero-order valence-corrected chi connectivity index (χ0v) is 60.7. The van der Waals surface area contributed by atoms with Gasteiger partial charge in [0, 0.05) is 82.0 Å². The van der Waals surface area contributed by atoms with Gasteiger partial charge in [0.15, 0.2) is 23.3 Å². The van der Waals surface area contributed by atoms with Crippen LogP contribution in [0.5, 0.6) is 0 Å². The van der Waals surface area contributed by atoms with Crippen molar-refractivity contribution in [1.29, 1.82) is 0 Å². The molecule has 0 saturated carbocycles. The molecule has 0 unspecified atom stereocenters. The molecule has 16 aromatic carbocycles. The second kappa shape index (κ2) is 25.6. The molecule has 0 bridgehead atoms. The van der Waals surface area contributed by atoms with Crippen molar-refractivity contribution in [1.82, 2.24) is 48.2 Å². The summed E-state index contributed by atoms with van der Waals surface area (Å²) in [5.41, 5.74) is 24.0. The number of benzene rings is 16. The Labute approximate surface area is 647 Å². The van der Waals surface area contributed by atoms with Crippen LogP contribution in [0.15, 0.2) is 381 Å². The first-order valence-electron chi connectivity index (χ1n) is 38.1. The van der Waals surface area contributed by atoms with E-state index in [0.717, 1.165) is 176 Å². The van der Waals surface area contributed by atoms with E-state index in [2.05, 4.69) is 334 Å². The van der Waals surface area contributed by atoms with Crippen LogP contribution in [0.4, 0.5) is 0 Å². The van der Waals surface area contributed by atoms with E-state index in [0.29, 0.717) is 35.2 Å².